The van der Waals surface area contributed by atoms with Gasteiger partial charge in [0.15, 0.2) is 0 Å². The van der Waals surface area contributed by atoms with E-state index in [0.717, 1.165) is 36.7 Å². The molecule has 0 radical (unpaired) electrons. The minimum absolute atomic E-state index is 0.163. The van der Waals surface area contributed by atoms with E-state index in [1.807, 2.05) is 43.1 Å². The van der Waals surface area contributed by atoms with Gasteiger partial charge < -0.3 is 24.8 Å². The summed E-state index contributed by atoms with van der Waals surface area (Å²) in [6.45, 7) is 6.33. The molecule has 9 heteroatoms. The molecule has 0 bridgehead atoms. The van der Waals surface area contributed by atoms with Gasteiger partial charge >= 0.3 is 0 Å². The van der Waals surface area contributed by atoms with Crippen LogP contribution in [0.3, 0.4) is 0 Å². The van der Waals surface area contributed by atoms with Crippen molar-refractivity contribution in [1.29, 1.82) is 0 Å². The standard InChI is InChI=1S/C26H33FN6O2/c1-18-19(6-5-7-21(18)27)17-32(4)23-15-20(26(34)28-8-9-31(2)3)14-22-25(23)30-24(16-29-22)33-10-12-35-13-11-33/h5-7,14-16H,8-13,17H2,1-4H3,(H,28,34). The predicted molar refractivity (Wildman–Crippen MR) is 137 cm³/mol. The Kier molecular flexibility index (Phi) is 7.77. The van der Waals surface area contributed by atoms with E-state index in [1.54, 1.807) is 25.3 Å². The van der Waals surface area contributed by atoms with Crippen molar-refractivity contribution < 1.29 is 13.9 Å². The van der Waals surface area contributed by atoms with E-state index < -0.39 is 0 Å². The average Bonchev–Trinajstić information content (AvgIpc) is 2.86. The number of rotatable bonds is 8. The molecule has 0 saturated carbocycles. The number of morpholine rings is 1. The van der Waals surface area contributed by atoms with Gasteiger partial charge in [0, 0.05) is 45.3 Å². The number of ether oxygens (including phenoxy) is 1. The summed E-state index contributed by atoms with van der Waals surface area (Å²) in [5.41, 5.74) is 4.12. The summed E-state index contributed by atoms with van der Waals surface area (Å²) < 4.78 is 19.6. The fraction of sp³-hybridized carbons (Fsp3) is 0.423. The number of nitrogens with zero attached hydrogens (tertiary/aromatic N) is 5. The second-order valence-electron chi connectivity index (χ2n) is 9.13. The van der Waals surface area contributed by atoms with Crippen LogP contribution in [-0.2, 0) is 11.3 Å². The Morgan fingerprint density at radius 1 is 1.20 bits per heavy atom. The quantitative estimate of drug-likeness (QED) is 0.532. The summed E-state index contributed by atoms with van der Waals surface area (Å²) in [4.78, 5) is 28.7. The van der Waals surface area contributed by atoms with E-state index in [4.69, 9.17) is 9.72 Å². The smallest absolute Gasteiger partial charge is 0.251 e. The summed E-state index contributed by atoms with van der Waals surface area (Å²) >= 11 is 0. The highest BCUT2D eigenvalue weighted by molar-refractivity contribution is 6.01. The van der Waals surface area contributed by atoms with Gasteiger partial charge in [0.25, 0.3) is 5.91 Å². The molecule has 0 atom stereocenters. The number of halogens is 1. The van der Waals surface area contributed by atoms with E-state index in [-0.39, 0.29) is 11.7 Å². The van der Waals surface area contributed by atoms with Gasteiger partial charge in [-0.2, -0.15) is 0 Å². The Bertz CT molecular complexity index is 1200. The summed E-state index contributed by atoms with van der Waals surface area (Å²) in [5.74, 6) is 0.383. The van der Waals surface area contributed by atoms with Gasteiger partial charge in [-0.3, -0.25) is 9.78 Å². The van der Waals surface area contributed by atoms with Crippen molar-refractivity contribution in [3.8, 4) is 0 Å². The monoisotopic (exact) mass is 480 g/mol. The zero-order chi connectivity index (χ0) is 24.9. The lowest BCUT2D eigenvalue weighted by Gasteiger charge is -2.28. The first-order valence-electron chi connectivity index (χ1n) is 11.8. The number of nitrogens with one attached hydrogen (secondary N) is 1. The van der Waals surface area contributed by atoms with Gasteiger partial charge in [-0.25, -0.2) is 9.37 Å². The first-order chi connectivity index (χ1) is 16.8. The van der Waals surface area contributed by atoms with Crippen LogP contribution in [0.2, 0.25) is 0 Å². The number of aromatic nitrogens is 2. The van der Waals surface area contributed by atoms with Crippen LogP contribution in [0.1, 0.15) is 21.5 Å². The molecule has 186 valence electrons. The molecule has 35 heavy (non-hydrogen) atoms. The van der Waals surface area contributed by atoms with E-state index >= 15 is 0 Å². The van der Waals surface area contributed by atoms with Crippen molar-refractivity contribution in [2.45, 2.75) is 13.5 Å². The second kappa shape index (κ2) is 11.0. The van der Waals surface area contributed by atoms with Crippen molar-refractivity contribution in [1.82, 2.24) is 20.2 Å². The highest BCUT2D eigenvalue weighted by Gasteiger charge is 2.19. The Hall–Kier alpha value is -3.30. The van der Waals surface area contributed by atoms with Gasteiger partial charge in [0.2, 0.25) is 0 Å². The fourth-order valence-corrected chi connectivity index (χ4v) is 4.11. The summed E-state index contributed by atoms with van der Waals surface area (Å²) in [6.07, 6.45) is 1.75. The highest BCUT2D eigenvalue weighted by Crippen LogP contribution is 2.29. The minimum atomic E-state index is -0.232. The number of hydrogen-bond acceptors (Lipinski definition) is 7. The Labute approximate surface area is 205 Å². The minimum Gasteiger partial charge on any atom is -0.378 e. The van der Waals surface area contributed by atoms with E-state index in [9.17, 15) is 9.18 Å². The number of amides is 1. The second-order valence-corrected chi connectivity index (χ2v) is 9.13. The molecule has 1 aromatic heterocycles. The molecule has 1 fully saturated rings. The molecule has 1 aliphatic heterocycles. The highest BCUT2D eigenvalue weighted by atomic mass is 19.1. The number of fused-ring (bicyclic) bond motifs is 1. The van der Waals surface area contributed by atoms with Crippen molar-refractivity contribution in [2.24, 2.45) is 0 Å². The third kappa shape index (κ3) is 5.86. The van der Waals surface area contributed by atoms with E-state index in [1.165, 1.54) is 6.07 Å². The van der Waals surface area contributed by atoms with E-state index in [0.29, 0.717) is 48.5 Å². The van der Waals surface area contributed by atoms with Gasteiger partial charge in [0.1, 0.15) is 17.2 Å². The van der Waals surface area contributed by atoms with Crippen LogP contribution in [0.15, 0.2) is 36.5 Å². The van der Waals surface area contributed by atoms with Crippen molar-refractivity contribution in [2.75, 3.05) is 70.3 Å². The molecule has 1 N–H and O–H groups in total. The maximum absolute atomic E-state index is 14.2. The zero-order valence-electron chi connectivity index (χ0n) is 20.8. The summed E-state index contributed by atoms with van der Waals surface area (Å²) in [7, 11) is 5.85. The third-order valence-electron chi connectivity index (χ3n) is 6.26. The lowest BCUT2D eigenvalue weighted by molar-refractivity contribution is 0.0951. The predicted octanol–water partition coefficient (Wildman–Crippen LogP) is 2.84. The molecule has 2 aromatic carbocycles. The number of benzene rings is 2. The molecule has 1 saturated heterocycles. The molecule has 2 heterocycles. The van der Waals surface area contributed by atoms with Crippen LogP contribution < -0.4 is 15.1 Å². The molecule has 4 rings (SSSR count). The molecular formula is C26H33FN6O2. The van der Waals surface area contributed by atoms with Crippen molar-refractivity contribution in [3.05, 3.63) is 59.0 Å². The van der Waals surface area contributed by atoms with Crippen LogP contribution >= 0.6 is 0 Å². The van der Waals surface area contributed by atoms with E-state index in [2.05, 4.69) is 15.2 Å². The number of hydrogen-bond donors (Lipinski definition) is 1. The largest absolute Gasteiger partial charge is 0.378 e. The lowest BCUT2D eigenvalue weighted by Crippen LogP contribution is -2.36. The molecule has 8 nitrogen and oxygen atoms in total. The molecule has 0 unspecified atom stereocenters. The normalized spacial score (nSPS) is 13.9. The SMILES string of the molecule is Cc1c(F)cccc1CN(C)c1cc(C(=O)NCCN(C)C)cc2ncc(N3CCOCC3)nc12. The number of carbonyl (C=O) groups is 1. The molecule has 3 aromatic rings. The third-order valence-corrected chi connectivity index (χ3v) is 6.26. The van der Waals surface area contributed by atoms with Gasteiger partial charge in [-0.1, -0.05) is 12.1 Å². The maximum atomic E-state index is 14.2. The van der Waals surface area contributed by atoms with Gasteiger partial charge in [0.05, 0.1) is 30.6 Å². The summed E-state index contributed by atoms with van der Waals surface area (Å²) in [6, 6.07) is 8.72. The van der Waals surface area contributed by atoms with Gasteiger partial charge in [-0.05, 0) is 50.3 Å². The topological polar surface area (TPSA) is 73.8 Å². The Balaban J connectivity index is 1.72. The van der Waals surface area contributed by atoms with Crippen molar-refractivity contribution >= 4 is 28.4 Å². The lowest BCUT2D eigenvalue weighted by atomic mass is 10.1. The van der Waals surface area contributed by atoms with Crippen LogP contribution in [0, 0.1) is 12.7 Å². The Morgan fingerprint density at radius 2 is 1.97 bits per heavy atom. The fourth-order valence-electron chi connectivity index (χ4n) is 4.11. The van der Waals surface area contributed by atoms with Crippen LogP contribution in [0.25, 0.3) is 11.0 Å². The maximum Gasteiger partial charge on any atom is 0.251 e. The van der Waals surface area contributed by atoms with Crippen LogP contribution in [0.4, 0.5) is 15.9 Å². The summed E-state index contributed by atoms with van der Waals surface area (Å²) in [5, 5.41) is 2.97. The number of carbonyl (C=O) groups excluding carboxylic acids is 1. The molecular weight excluding hydrogens is 447 g/mol. The number of likely N-dealkylation sites (N-methyl/N-ethyl adjacent to an activating group) is 1. The Morgan fingerprint density at radius 3 is 2.71 bits per heavy atom. The van der Waals surface area contributed by atoms with Crippen molar-refractivity contribution in [3.63, 3.8) is 0 Å². The van der Waals surface area contributed by atoms with Crippen LogP contribution in [0.5, 0.6) is 0 Å². The molecule has 1 aliphatic rings. The first-order valence-corrected chi connectivity index (χ1v) is 11.8. The molecule has 1 amide bonds. The molecule has 0 aliphatic carbocycles. The van der Waals surface area contributed by atoms with Gasteiger partial charge in [-0.15, -0.1) is 0 Å². The van der Waals surface area contributed by atoms with Crippen LogP contribution in [-0.4, -0.2) is 81.3 Å². The number of anilines is 2. The zero-order valence-corrected chi connectivity index (χ0v) is 20.8. The first kappa shape index (κ1) is 24.8. The average molecular weight is 481 g/mol. The molecule has 0 spiro atoms.